The van der Waals surface area contributed by atoms with Crippen molar-refractivity contribution in [1.29, 1.82) is 5.26 Å². The van der Waals surface area contributed by atoms with Gasteiger partial charge in [0, 0.05) is 6.54 Å². The smallest absolute Gasteiger partial charge is 0.413 e. The summed E-state index contributed by atoms with van der Waals surface area (Å²) in [5, 5.41) is 11.7. The molecule has 0 aliphatic carbocycles. The first-order valence-electron chi connectivity index (χ1n) is 6.38. The zero-order valence-electron chi connectivity index (χ0n) is 11.6. The molecule has 0 saturated heterocycles. The van der Waals surface area contributed by atoms with E-state index in [2.05, 4.69) is 11.9 Å². The van der Waals surface area contributed by atoms with Crippen LogP contribution in [-0.4, -0.2) is 10.7 Å². The number of carbonyl (C=O) groups excluding carboxylic acids is 1. The van der Waals surface area contributed by atoms with Crippen LogP contribution in [0.15, 0.2) is 43.0 Å². The third-order valence-corrected chi connectivity index (χ3v) is 4.10. The summed E-state index contributed by atoms with van der Waals surface area (Å²) in [5.41, 5.74) is 0.881. The second kappa shape index (κ2) is 7.54. The summed E-state index contributed by atoms with van der Waals surface area (Å²) in [6.07, 6.45) is 1.01. The summed E-state index contributed by atoms with van der Waals surface area (Å²) in [5.74, 6) is 0.343. The van der Waals surface area contributed by atoms with E-state index in [4.69, 9.17) is 22.2 Å². The van der Waals surface area contributed by atoms with Crippen LogP contribution in [0, 0.1) is 15.3 Å². The predicted octanol–water partition coefficient (Wildman–Crippen LogP) is 4.09. The van der Waals surface area contributed by atoms with Crippen molar-refractivity contribution in [2.75, 3.05) is 5.32 Å². The Bertz CT molecular complexity index is 772. The van der Waals surface area contributed by atoms with Crippen molar-refractivity contribution in [3.8, 4) is 6.07 Å². The third-order valence-electron chi connectivity index (χ3n) is 2.74. The van der Waals surface area contributed by atoms with Crippen LogP contribution in [0.25, 0.3) is 0 Å². The molecule has 0 aliphatic rings. The number of nitrogens with zero attached hydrogens (tertiary/aromatic N) is 2. The van der Waals surface area contributed by atoms with E-state index in [0.29, 0.717) is 21.2 Å². The molecule has 0 bridgehead atoms. The van der Waals surface area contributed by atoms with Crippen LogP contribution < -0.4 is 5.32 Å². The Labute approximate surface area is 137 Å². The van der Waals surface area contributed by atoms with Gasteiger partial charge >= 0.3 is 6.09 Å². The highest BCUT2D eigenvalue weighted by molar-refractivity contribution is 7.73. The van der Waals surface area contributed by atoms with Gasteiger partial charge in [0.2, 0.25) is 0 Å². The Morgan fingerprint density at radius 1 is 1.50 bits per heavy atom. The van der Waals surface area contributed by atoms with Crippen molar-refractivity contribution < 1.29 is 9.53 Å². The number of ether oxygens (including phenoxy) is 1. The summed E-state index contributed by atoms with van der Waals surface area (Å²) >= 11 is 6.31. The molecule has 0 atom stereocenters. The van der Waals surface area contributed by atoms with Gasteiger partial charge in [0.05, 0.1) is 0 Å². The van der Waals surface area contributed by atoms with Gasteiger partial charge in [0.1, 0.15) is 23.4 Å². The first-order valence-corrected chi connectivity index (χ1v) is 7.60. The summed E-state index contributed by atoms with van der Waals surface area (Å²) < 4.78 is 7.28. The molecular weight excluding hydrogens is 318 g/mol. The normalized spacial score (nSPS) is 9.77. The van der Waals surface area contributed by atoms with Gasteiger partial charge in [-0.25, -0.2) is 4.79 Å². The maximum Gasteiger partial charge on any atom is 0.413 e. The standard InChI is InChI=1S/C15H13N3O2S2/c1-2-8-18-13(12(9-16)22-15(18)21)17-14(19)20-10-11-6-4-3-5-7-11/h2-7H,1,8,10H2,(H,17,19). The Morgan fingerprint density at radius 3 is 2.86 bits per heavy atom. The van der Waals surface area contributed by atoms with Crippen molar-refractivity contribution in [1.82, 2.24) is 4.57 Å². The van der Waals surface area contributed by atoms with Crippen LogP contribution in [0.2, 0.25) is 0 Å². The van der Waals surface area contributed by atoms with Crippen molar-refractivity contribution in [2.24, 2.45) is 0 Å². The van der Waals surface area contributed by atoms with Crippen LogP contribution in [0.4, 0.5) is 10.6 Å². The fraction of sp³-hybridized carbons (Fsp3) is 0.133. The number of amides is 1. The van der Waals surface area contributed by atoms with Gasteiger partial charge in [-0.15, -0.1) is 6.58 Å². The van der Waals surface area contributed by atoms with E-state index < -0.39 is 6.09 Å². The highest BCUT2D eigenvalue weighted by Crippen LogP contribution is 2.24. The van der Waals surface area contributed by atoms with Crippen LogP contribution >= 0.6 is 23.6 Å². The summed E-state index contributed by atoms with van der Waals surface area (Å²) in [6, 6.07) is 11.4. The number of hydrogen-bond acceptors (Lipinski definition) is 5. The zero-order chi connectivity index (χ0) is 15.9. The predicted molar refractivity (Wildman–Crippen MR) is 88.3 cm³/mol. The Balaban J connectivity index is 2.09. The molecule has 22 heavy (non-hydrogen) atoms. The van der Waals surface area contributed by atoms with Crippen LogP contribution in [0.5, 0.6) is 0 Å². The Hall–Kier alpha value is -2.43. The molecule has 0 unspecified atom stereocenters. The lowest BCUT2D eigenvalue weighted by atomic mass is 10.2. The van der Waals surface area contributed by atoms with Gasteiger partial charge in [0.15, 0.2) is 3.95 Å². The first-order chi connectivity index (χ1) is 10.7. The van der Waals surface area contributed by atoms with Crippen LogP contribution in [-0.2, 0) is 17.9 Å². The molecule has 1 aromatic heterocycles. The number of carbonyl (C=O) groups is 1. The van der Waals surface area contributed by atoms with E-state index >= 15 is 0 Å². The number of aromatic nitrogens is 1. The van der Waals surface area contributed by atoms with E-state index in [0.717, 1.165) is 16.9 Å². The topological polar surface area (TPSA) is 67.1 Å². The number of rotatable bonds is 5. The lowest BCUT2D eigenvalue weighted by Gasteiger charge is -2.09. The number of thiazole rings is 1. The minimum absolute atomic E-state index is 0.154. The Morgan fingerprint density at radius 2 is 2.23 bits per heavy atom. The largest absolute Gasteiger partial charge is 0.444 e. The maximum atomic E-state index is 11.9. The maximum absolute atomic E-state index is 11.9. The van der Waals surface area contributed by atoms with Crippen molar-refractivity contribution in [2.45, 2.75) is 13.2 Å². The number of benzene rings is 1. The highest BCUT2D eigenvalue weighted by Gasteiger charge is 2.15. The molecule has 1 amide bonds. The van der Waals surface area contributed by atoms with Crippen molar-refractivity contribution in [3.63, 3.8) is 0 Å². The van der Waals surface area contributed by atoms with Crippen LogP contribution in [0.1, 0.15) is 10.4 Å². The number of anilines is 1. The second-order valence-electron chi connectivity index (χ2n) is 4.24. The van der Waals surface area contributed by atoms with E-state index in [9.17, 15) is 4.79 Å². The van der Waals surface area contributed by atoms with Gasteiger partial charge < -0.3 is 9.30 Å². The molecule has 0 fully saturated rings. The molecule has 7 heteroatoms. The van der Waals surface area contributed by atoms with E-state index in [1.807, 2.05) is 36.4 Å². The van der Waals surface area contributed by atoms with Crippen LogP contribution in [0.3, 0.4) is 0 Å². The highest BCUT2D eigenvalue weighted by atomic mass is 32.1. The summed E-state index contributed by atoms with van der Waals surface area (Å²) in [4.78, 5) is 12.2. The molecule has 0 saturated carbocycles. The van der Waals surface area contributed by atoms with Crippen molar-refractivity contribution >= 4 is 35.5 Å². The quantitative estimate of drug-likeness (QED) is 0.662. The molecule has 0 aliphatic heterocycles. The number of nitrogens with one attached hydrogen (secondary N) is 1. The molecule has 5 nitrogen and oxygen atoms in total. The van der Waals surface area contributed by atoms with Gasteiger partial charge in [-0.1, -0.05) is 47.7 Å². The molecular formula is C15H13N3O2S2. The minimum atomic E-state index is -0.633. The van der Waals surface area contributed by atoms with E-state index in [-0.39, 0.29) is 6.61 Å². The third kappa shape index (κ3) is 3.81. The second-order valence-corrected chi connectivity index (χ2v) is 5.89. The molecule has 2 rings (SSSR count). The lowest BCUT2D eigenvalue weighted by molar-refractivity contribution is 0.155. The fourth-order valence-corrected chi connectivity index (χ4v) is 2.93. The molecule has 1 N–H and O–H groups in total. The van der Waals surface area contributed by atoms with Crippen molar-refractivity contribution in [3.05, 3.63) is 57.4 Å². The molecule has 2 aromatic rings. The number of hydrogen-bond donors (Lipinski definition) is 1. The SMILES string of the molecule is C=CCn1c(NC(=O)OCc2ccccc2)c(C#N)sc1=S. The Kier molecular flexibility index (Phi) is 5.47. The number of nitriles is 1. The molecule has 0 radical (unpaired) electrons. The van der Waals surface area contributed by atoms with E-state index in [1.54, 1.807) is 10.6 Å². The monoisotopic (exact) mass is 331 g/mol. The first kappa shape index (κ1) is 15.9. The minimum Gasteiger partial charge on any atom is -0.444 e. The van der Waals surface area contributed by atoms with Gasteiger partial charge in [-0.3, -0.25) is 5.32 Å². The molecule has 1 heterocycles. The summed E-state index contributed by atoms with van der Waals surface area (Å²) in [6.45, 7) is 4.20. The molecule has 0 spiro atoms. The fourth-order valence-electron chi connectivity index (χ4n) is 1.76. The van der Waals surface area contributed by atoms with Gasteiger partial charge in [-0.05, 0) is 17.8 Å². The average molecular weight is 331 g/mol. The average Bonchev–Trinajstić information content (AvgIpc) is 2.83. The summed E-state index contributed by atoms with van der Waals surface area (Å²) in [7, 11) is 0. The molecule has 112 valence electrons. The van der Waals surface area contributed by atoms with Gasteiger partial charge in [-0.2, -0.15) is 5.26 Å². The molecule has 1 aromatic carbocycles. The number of allylic oxidation sites excluding steroid dienone is 1. The lowest BCUT2D eigenvalue weighted by Crippen LogP contribution is -2.17. The zero-order valence-corrected chi connectivity index (χ0v) is 13.2. The van der Waals surface area contributed by atoms with Gasteiger partial charge in [0.25, 0.3) is 0 Å². The van der Waals surface area contributed by atoms with E-state index in [1.165, 1.54) is 0 Å².